The van der Waals surface area contributed by atoms with Crippen LogP contribution in [0.1, 0.15) is 0 Å². The lowest BCUT2D eigenvalue weighted by atomic mass is 10.2. The number of alkyl halides is 3. The summed E-state index contributed by atoms with van der Waals surface area (Å²) in [4.78, 5) is 11.9. The number of ether oxygens (including phenoxy) is 2. The topological polar surface area (TPSA) is 59.6 Å². The molecule has 2 rings (SSSR count). The molecule has 1 aromatic carbocycles. The van der Waals surface area contributed by atoms with Gasteiger partial charge < -0.3 is 20.1 Å². The predicted octanol–water partition coefficient (Wildman–Crippen LogP) is 2.27. The highest BCUT2D eigenvalue weighted by Gasteiger charge is 2.32. The van der Waals surface area contributed by atoms with Gasteiger partial charge in [-0.2, -0.15) is 0 Å². The number of morpholine rings is 1. The molecule has 21 heavy (non-hydrogen) atoms. The molecule has 1 heterocycles. The molecule has 9 heteroatoms. The largest absolute Gasteiger partial charge is 0.573 e. The zero-order valence-electron chi connectivity index (χ0n) is 10.7. The Kier molecular flexibility index (Phi) is 5.07. The average molecular weight is 369 g/mol. The number of carbonyl (C=O) groups excluding carboxylic acids is 1. The number of carbonyl (C=O) groups is 1. The Balaban J connectivity index is 2.01. The lowest BCUT2D eigenvalue weighted by Crippen LogP contribution is -2.45. The maximum absolute atomic E-state index is 12.1. The molecule has 1 fully saturated rings. The van der Waals surface area contributed by atoms with Crippen LogP contribution in [-0.4, -0.2) is 38.1 Å². The number of halogens is 4. The zero-order valence-corrected chi connectivity index (χ0v) is 12.3. The highest BCUT2D eigenvalue weighted by molar-refractivity contribution is 9.10. The molecule has 0 bridgehead atoms. The molecule has 2 N–H and O–H groups in total. The van der Waals surface area contributed by atoms with E-state index < -0.39 is 12.5 Å². The van der Waals surface area contributed by atoms with Crippen LogP contribution >= 0.6 is 15.9 Å². The first-order chi connectivity index (χ1) is 9.85. The van der Waals surface area contributed by atoms with E-state index in [2.05, 4.69) is 31.3 Å². The Labute approximate surface area is 126 Å². The van der Waals surface area contributed by atoms with E-state index in [4.69, 9.17) is 4.74 Å². The van der Waals surface area contributed by atoms with Crippen molar-refractivity contribution in [2.45, 2.75) is 12.5 Å². The molecule has 1 unspecified atom stereocenters. The second-order valence-electron chi connectivity index (χ2n) is 4.25. The summed E-state index contributed by atoms with van der Waals surface area (Å²) >= 11 is 2.97. The maximum atomic E-state index is 12.1. The summed E-state index contributed by atoms with van der Waals surface area (Å²) in [6.45, 7) is 1.50. The Hall–Kier alpha value is -1.32. The second kappa shape index (κ2) is 6.63. The molecule has 116 valence electrons. The highest BCUT2D eigenvalue weighted by atomic mass is 79.9. The van der Waals surface area contributed by atoms with E-state index in [1.807, 2.05) is 0 Å². The lowest BCUT2D eigenvalue weighted by Gasteiger charge is -2.22. The summed E-state index contributed by atoms with van der Waals surface area (Å²) in [6.07, 6.45) is -5.39. The molecule has 5 nitrogen and oxygen atoms in total. The number of hydrogen-bond donors (Lipinski definition) is 2. The molecule has 1 atom stereocenters. The standard InChI is InChI=1S/C12H12BrF3N2O3/c13-8-5-7(1-2-9(8)21-12(14,15)16)18-11(19)10-6-17-3-4-20-10/h1-2,5,10,17H,3-4,6H2,(H,18,19). The van der Waals surface area contributed by atoms with Gasteiger partial charge in [0.05, 0.1) is 11.1 Å². The molecule has 0 aromatic heterocycles. The summed E-state index contributed by atoms with van der Waals surface area (Å²) in [7, 11) is 0. The predicted molar refractivity (Wildman–Crippen MR) is 72.1 cm³/mol. The fourth-order valence-electron chi connectivity index (χ4n) is 1.74. The minimum Gasteiger partial charge on any atom is -0.405 e. The maximum Gasteiger partial charge on any atom is 0.573 e. The van der Waals surface area contributed by atoms with Crippen LogP contribution in [0.3, 0.4) is 0 Å². The summed E-state index contributed by atoms with van der Waals surface area (Å²) in [5, 5.41) is 5.58. The van der Waals surface area contributed by atoms with E-state index in [9.17, 15) is 18.0 Å². The van der Waals surface area contributed by atoms with Crippen molar-refractivity contribution >= 4 is 27.5 Å². The van der Waals surface area contributed by atoms with Crippen molar-refractivity contribution in [2.24, 2.45) is 0 Å². The number of rotatable bonds is 3. The van der Waals surface area contributed by atoms with Gasteiger partial charge in [-0.25, -0.2) is 0 Å². The fourth-order valence-corrected chi connectivity index (χ4v) is 2.20. The van der Waals surface area contributed by atoms with Gasteiger partial charge in [0.1, 0.15) is 11.9 Å². The molecular weight excluding hydrogens is 357 g/mol. The number of hydrogen-bond acceptors (Lipinski definition) is 4. The van der Waals surface area contributed by atoms with Crippen LogP contribution in [0.25, 0.3) is 0 Å². The minimum atomic E-state index is -4.77. The van der Waals surface area contributed by atoms with Crippen molar-refractivity contribution in [3.05, 3.63) is 22.7 Å². The van der Waals surface area contributed by atoms with Crippen LogP contribution in [0, 0.1) is 0 Å². The summed E-state index contributed by atoms with van der Waals surface area (Å²) in [5.74, 6) is -0.741. The quantitative estimate of drug-likeness (QED) is 0.859. The fraction of sp³-hybridized carbons (Fsp3) is 0.417. The number of nitrogens with one attached hydrogen (secondary N) is 2. The van der Waals surface area contributed by atoms with Crippen LogP contribution in [0.15, 0.2) is 22.7 Å². The molecule has 1 aliphatic heterocycles. The Morgan fingerprint density at radius 3 is 2.81 bits per heavy atom. The molecule has 0 spiro atoms. The van der Waals surface area contributed by atoms with Crippen molar-refractivity contribution in [1.29, 1.82) is 0 Å². The van der Waals surface area contributed by atoms with Crippen LogP contribution in [0.5, 0.6) is 5.75 Å². The molecule has 1 amide bonds. The third-order valence-electron chi connectivity index (χ3n) is 2.65. The van der Waals surface area contributed by atoms with Gasteiger partial charge >= 0.3 is 6.36 Å². The Morgan fingerprint density at radius 1 is 1.48 bits per heavy atom. The summed E-state index contributed by atoms with van der Waals surface area (Å²) in [6, 6.07) is 3.77. The normalized spacial score (nSPS) is 19.1. The Morgan fingerprint density at radius 2 is 2.24 bits per heavy atom. The molecule has 1 saturated heterocycles. The SMILES string of the molecule is O=C(Nc1ccc(OC(F)(F)F)c(Br)c1)C1CNCCO1. The lowest BCUT2D eigenvalue weighted by molar-refractivity contribution is -0.274. The monoisotopic (exact) mass is 368 g/mol. The first-order valence-electron chi connectivity index (χ1n) is 6.03. The van der Waals surface area contributed by atoms with E-state index in [-0.39, 0.29) is 16.1 Å². The van der Waals surface area contributed by atoms with Gasteiger partial charge in [-0.1, -0.05) is 0 Å². The first-order valence-corrected chi connectivity index (χ1v) is 6.83. The van der Waals surface area contributed by atoms with Crippen LogP contribution in [-0.2, 0) is 9.53 Å². The van der Waals surface area contributed by atoms with E-state index in [1.165, 1.54) is 12.1 Å². The van der Waals surface area contributed by atoms with Crippen LogP contribution in [0.4, 0.5) is 18.9 Å². The van der Waals surface area contributed by atoms with E-state index in [0.29, 0.717) is 25.4 Å². The van der Waals surface area contributed by atoms with E-state index in [1.54, 1.807) is 0 Å². The minimum absolute atomic E-state index is 0.0836. The zero-order chi connectivity index (χ0) is 15.5. The second-order valence-corrected chi connectivity index (χ2v) is 5.10. The Bertz CT molecular complexity index is 519. The first kappa shape index (κ1) is 16.1. The van der Waals surface area contributed by atoms with Gasteiger partial charge in [0.15, 0.2) is 0 Å². The molecular formula is C12H12BrF3N2O3. The van der Waals surface area contributed by atoms with Crippen LogP contribution < -0.4 is 15.4 Å². The van der Waals surface area contributed by atoms with Gasteiger partial charge in [-0.05, 0) is 34.1 Å². The molecule has 1 aliphatic rings. The van der Waals surface area contributed by atoms with E-state index >= 15 is 0 Å². The van der Waals surface area contributed by atoms with Crippen molar-refractivity contribution in [1.82, 2.24) is 5.32 Å². The van der Waals surface area contributed by atoms with Gasteiger partial charge in [-0.15, -0.1) is 13.2 Å². The van der Waals surface area contributed by atoms with Crippen molar-refractivity contribution in [3.8, 4) is 5.75 Å². The third-order valence-corrected chi connectivity index (χ3v) is 3.26. The van der Waals surface area contributed by atoms with Gasteiger partial charge in [0.2, 0.25) is 0 Å². The highest BCUT2D eigenvalue weighted by Crippen LogP contribution is 2.32. The average Bonchev–Trinajstić information content (AvgIpc) is 2.41. The summed E-state index contributed by atoms with van der Waals surface area (Å²) in [5.41, 5.74) is 0.343. The van der Waals surface area contributed by atoms with Gasteiger partial charge in [0.25, 0.3) is 5.91 Å². The number of benzene rings is 1. The van der Waals surface area contributed by atoms with E-state index in [0.717, 1.165) is 6.07 Å². The van der Waals surface area contributed by atoms with Crippen molar-refractivity contribution in [3.63, 3.8) is 0 Å². The molecule has 0 aliphatic carbocycles. The van der Waals surface area contributed by atoms with Crippen molar-refractivity contribution in [2.75, 3.05) is 25.0 Å². The molecule has 0 saturated carbocycles. The summed E-state index contributed by atoms with van der Waals surface area (Å²) < 4.78 is 45.6. The smallest absolute Gasteiger partial charge is 0.405 e. The number of anilines is 1. The van der Waals surface area contributed by atoms with Gasteiger partial charge in [0, 0.05) is 18.8 Å². The van der Waals surface area contributed by atoms with Crippen LogP contribution in [0.2, 0.25) is 0 Å². The molecule has 1 aromatic rings. The molecule has 0 radical (unpaired) electrons. The van der Waals surface area contributed by atoms with Gasteiger partial charge in [-0.3, -0.25) is 4.79 Å². The third kappa shape index (κ3) is 4.87. The number of amides is 1. The van der Waals surface area contributed by atoms with Crippen molar-refractivity contribution < 1.29 is 27.4 Å².